The number of carbonyl (C=O) groups excluding carboxylic acids is 1. The first-order valence-electron chi connectivity index (χ1n) is 7.75. The smallest absolute Gasteiger partial charge is 0.240 e. The first-order chi connectivity index (χ1) is 10.2. The Morgan fingerprint density at radius 2 is 2.14 bits per heavy atom. The lowest BCUT2D eigenvalue weighted by atomic mass is 10.0. The number of carbonyl (C=O) groups is 1. The predicted molar refractivity (Wildman–Crippen MR) is 82.5 cm³/mol. The summed E-state index contributed by atoms with van der Waals surface area (Å²) in [6.45, 7) is 4.42. The lowest BCUT2D eigenvalue weighted by Gasteiger charge is -2.30. The monoisotopic (exact) mass is 285 g/mol. The molecule has 1 atom stereocenters. The molecule has 4 nitrogen and oxygen atoms in total. The van der Waals surface area contributed by atoms with Crippen molar-refractivity contribution in [2.45, 2.75) is 45.2 Å². The van der Waals surface area contributed by atoms with Gasteiger partial charge in [-0.05, 0) is 43.5 Å². The molecule has 0 aliphatic carbocycles. The van der Waals surface area contributed by atoms with E-state index < -0.39 is 0 Å². The van der Waals surface area contributed by atoms with E-state index in [9.17, 15) is 4.79 Å². The number of amides is 1. The summed E-state index contributed by atoms with van der Waals surface area (Å²) in [7, 11) is 0. The van der Waals surface area contributed by atoms with Crippen molar-refractivity contribution in [3.63, 3.8) is 0 Å². The van der Waals surface area contributed by atoms with Gasteiger partial charge in [-0.2, -0.15) is 5.26 Å². The van der Waals surface area contributed by atoms with Crippen LogP contribution in [-0.4, -0.2) is 29.9 Å². The molecule has 21 heavy (non-hydrogen) atoms. The molecule has 1 amide bonds. The zero-order valence-electron chi connectivity index (χ0n) is 12.6. The van der Waals surface area contributed by atoms with Crippen molar-refractivity contribution in [1.82, 2.24) is 10.2 Å². The quantitative estimate of drug-likeness (QED) is 0.904. The molecule has 1 aromatic carbocycles. The molecule has 1 aliphatic heterocycles. The van der Waals surface area contributed by atoms with Gasteiger partial charge in [0, 0.05) is 13.1 Å². The minimum Gasteiger partial charge on any atom is -0.337 e. The third-order valence-corrected chi connectivity index (χ3v) is 3.87. The molecule has 1 fully saturated rings. The molecular formula is C17H23N3O. The molecule has 0 bridgehead atoms. The molecule has 1 saturated heterocycles. The van der Waals surface area contributed by atoms with Gasteiger partial charge in [0.25, 0.3) is 0 Å². The van der Waals surface area contributed by atoms with Crippen LogP contribution in [0, 0.1) is 11.3 Å². The summed E-state index contributed by atoms with van der Waals surface area (Å²) in [4.78, 5) is 14.6. The summed E-state index contributed by atoms with van der Waals surface area (Å²) < 4.78 is 0. The second kappa shape index (κ2) is 7.80. The standard InChI is InChI=1S/C17H23N3O/c1-2-11-20(17(21)16-5-3-4-10-19-16)13-15-8-6-14(12-18)7-9-15/h6-9,16,19H,2-5,10-11,13H2,1H3. The number of nitrogens with one attached hydrogen (secondary N) is 1. The Morgan fingerprint density at radius 1 is 1.38 bits per heavy atom. The molecule has 0 spiro atoms. The maximum absolute atomic E-state index is 12.6. The largest absolute Gasteiger partial charge is 0.337 e. The Balaban J connectivity index is 2.03. The van der Waals surface area contributed by atoms with Gasteiger partial charge in [-0.25, -0.2) is 0 Å². The third kappa shape index (κ3) is 4.30. The Hall–Kier alpha value is -1.86. The molecule has 0 radical (unpaired) electrons. The molecule has 1 aliphatic rings. The van der Waals surface area contributed by atoms with Crippen LogP contribution in [0.15, 0.2) is 24.3 Å². The highest BCUT2D eigenvalue weighted by Gasteiger charge is 2.25. The van der Waals surface area contributed by atoms with Crippen molar-refractivity contribution in [3.05, 3.63) is 35.4 Å². The highest BCUT2D eigenvalue weighted by Crippen LogP contribution is 2.13. The van der Waals surface area contributed by atoms with Gasteiger partial charge in [-0.15, -0.1) is 0 Å². The lowest BCUT2D eigenvalue weighted by Crippen LogP contribution is -2.48. The van der Waals surface area contributed by atoms with E-state index in [2.05, 4.69) is 18.3 Å². The van der Waals surface area contributed by atoms with Crippen LogP contribution in [0.25, 0.3) is 0 Å². The minimum absolute atomic E-state index is 0.0244. The normalized spacial score (nSPS) is 18.0. The second-order valence-corrected chi connectivity index (χ2v) is 5.57. The van der Waals surface area contributed by atoms with Crippen molar-refractivity contribution in [3.8, 4) is 6.07 Å². The molecule has 4 heteroatoms. The number of piperidine rings is 1. The van der Waals surface area contributed by atoms with Gasteiger partial charge in [0.05, 0.1) is 17.7 Å². The molecule has 1 heterocycles. The summed E-state index contributed by atoms with van der Waals surface area (Å²) in [6.07, 6.45) is 4.18. The number of nitrogens with zero attached hydrogens (tertiary/aromatic N) is 2. The van der Waals surface area contributed by atoms with Crippen LogP contribution < -0.4 is 5.32 Å². The van der Waals surface area contributed by atoms with Crippen molar-refractivity contribution in [2.24, 2.45) is 0 Å². The number of hydrogen-bond donors (Lipinski definition) is 1. The van der Waals surface area contributed by atoms with E-state index in [1.54, 1.807) is 0 Å². The summed E-state index contributed by atoms with van der Waals surface area (Å²) in [5.74, 6) is 0.209. The van der Waals surface area contributed by atoms with Crippen molar-refractivity contribution in [1.29, 1.82) is 5.26 Å². The van der Waals surface area contributed by atoms with E-state index in [0.29, 0.717) is 12.1 Å². The summed E-state index contributed by atoms with van der Waals surface area (Å²) in [5.41, 5.74) is 1.73. The summed E-state index contributed by atoms with van der Waals surface area (Å²) >= 11 is 0. The highest BCUT2D eigenvalue weighted by molar-refractivity contribution is 5.82. The molecule has 1 aromatic rings. The first-order valence-corrected chi connectivity index (χ1v) is 7.75. The molecule has 0 saturated carbocycles. The SMILES string of the molecule is CCCN(Cc1ccc(C#N)cc1)C(=O)C1CCCCN1. The van der Waals surface area contributed by atoms with Gasteiger partial charge in [0.2, 0.25) is 5.91 Å². The van der Waals surface area contributed by atoms with E-state index in [1.807, 2.05) is 29.2 Å². The van der Waals surface area contributed by atoms with Gasteiger partial charge >= 0.3 is 0 Å². The fraction of sp³-hybridized carbons (Fsp3) is 0.529. The van der Waals surface area contributed by atoms with E-state index in [4.69, 9.17) is 5.26 Å². The van der Waals surface area contributed by atoms with Gasteiger partial charge in [-0.1, -0.05) is 25.5 Å². The summed E-state index contributed by atoms with van der Waals surface area (Å²) in [6, 6.07) is 9.58. The van der Waals surface area contributed by atoms with Gasteiger partial charge in [-0.3, -0.25) is 4.79 Å². The fourth-order valence-electron chi connectivity index (χ4n) is 2.73. The molecule has 2 rings (SSSR count). The van der Waals surface area contributed by atoms with E-state index >= 15 is 0 Å². The maximum atomic E-state index is 12.6. The molecule has 0 aromatic heterocycles. The highest BCUT2D eigenvalue weighted by atomic mass is 16.2. The number of benzene rings is 1. The Morgan fingerprint density at radius 3 is 2.71 bits per heavy atom. The van der Waals surface area contributed by atoms with Crippen LogP contribution in [0.2, 0.25) is 0 Å². The van der Waals surface area contributed by atoms with Crippen LogP contribution in [0.3, 0.4) is 0 Å². The third-order valence-electron chi connectivity index (χ3n) is 3.87. The first kappa shape index (κ1) is 15.5. The van der Waals surface area contributed by atoms with Crippen molar-refractivity contribution >= 4 is 5.91 Å². The zero-order chi connectivity index (χ0) is 15.1. The molecule has 1 N–H and O–H groups in total. The molecule has 112 valence electrons. The Labute approximate surface area is 126 Å². The van der Waals surface area contributed by atoms with Crippen molar-refractivity contribution in [2.75, 3.05) is 13.1 Å². The minimum atomic E-state index is -0.0244. The average Bonchev–Trinajstić information content (AvgIpc) is 2.55. The topological polar surface area (TPSA) is 56.1 Å². The van der Waals surface area contributed by atoms with Crippen molar-refractivity contribution < 1.29 is 4.79 Å². The van der Waals surface area contributed by atoms with Crippen LogP contribution in [0.1, 0.15) is 43.7 Å². The Kier molecular flexibility index (Phi) is 5.77. The second-order valence-electron chi connectivity index (χ2n) is 5.57. The number of rotatable bonds is 5. The lowest BCUT2D eigenvalue weighted by molar-refractivity contribution is -0.134. The molecule has 1 unspecified atom stereocenters. The van der Waals surface area contributed by atoms with E-state index in [0.717, 1.165) is 44.3 Å². The van der Waals surface area contributed by atoms with Gasteiger partial charge < -0.3 is 10.2 Å². The maximum Gasteiger partial charge on any atom is 0.240 e. The average molecular weight is 285 g/mol. The van der Waals surface area contributed by atoms with E-state index in [-0.39, 0.29) is 11.9 Å². The van der Waals surface area contributed by atoms with E-state index in [1.165, 1.54) is 0 Å². The Bertz CT molecular complexity index is 498. The van der Waals surface area contributed by atoms with Gasteiger partial charge in [0.1, 0.15) is 0 Å². The zero-order valence-corrected chi connectivity index (χ0v) is 12.6. The predicted octanol–water partition coefficient (Wildman–Crippen LogP) is 2.44. The fourth-order valence-corrected chi connectivity index (χ4v) is 2.73. The number of hydrogen-bond acceptors (Lipinski definition) is 3. The summed E-state index contributed by atoms with van der Waals surface area (Å²) in [5, 5.41) is 12.2. The van der Waals surface area contributed by atoms with Crippen LogP contribution in [-0.2, 0) is 11.3 Å². The van der Waals surface area contributed by atoms with Crippen LogP contribution in [0.5, 0.6) is 0 Å². The number of nitriles is 1. The molecular weight excluding hydrogens is 262 g/mol. The van der Waals surface area contributed by atoms with Crippen LogP contribution in [0.4, 0.5) is 0 Å². The van der Waals surface area contributed by atoms with Crippen LogP contribution >= 0.6 is 0 Å². The van der Waals surface area contributed by atoms with Gasteiger partial charge in [0.15, 0.2) is 0 Å².